The lowest BCUT2D eigenvalue weighted by Gasteiger charge is -2.07. The van der Waals surface area contributed by atoms with Crippen LogP contribution >= 0.6 is 11.6 Å². The zero-order chi connectivity index (χ0) is 27.8. The Kier molecular flexibility index (Phi) is 6.58. The fourth-order valence-electron chi connectivity index (χ4n) is 4.50. The summed E-state index contributed by atoms with van der Waals surface area (Å²) in [6, 6.07) is 23.1. The molecule has 0 N–H and O–H groups in total. The molecule has 0 aliphatic carbocycles. The van der Waals surface area contributed by atoms with Gasteiger partial charge < -0.3 is 18.6 Å². The Morgan fingerprint density at radius 1 is 0.975 bits per heavy atom. The number of rotatable bonds is 6. The molecule has 0 saturated heterocycles. The van der Waals surface area contributed by atoms with Gasteiger partial charge in [0, 0.05) is 22.6 Å². The normalized spacial score (nSPS) is 13.4. The molecule has 40 heavy (non-hydrogen) atoms. The molecule has 198 valence electrons. The first-order valence-corrected chi connectivity index (χ1v) is 12.8. The lowest BCUT2D eigenvalue weighted by molar-refractivity contribution is 0.0736. The Hall–Kier alpha value is -4.88. The molecule has 0 unspecified atom stereocenters. The molecule has 1 aliphatic heterocycles. The van der Waals surface area contributed by atoms with E-state index in [-0.39, 0.29) is 39.0 Å². The maximum atomic E-state index is 14.3. The van der Waals surface area contributed by atoms with Gasteiger partial charge in [-0.25, -0.2) is 9.18 Å². The highest BCUT2D eigenvalue weighted by Gasteiger charge is 2.30. The van der Waals surface area contributed by atoms with Gasteiger partial charge in [0.15, 0.2) is 5.76 Å². The highest BCUT2D eigenvalue weighted by atomic mass is 35.5. The van der Waals surface area contributed by atoms with Gasteiger partial charge in [-0.3, -0.25) is 4.79 Å². The van der Waals surface area contributed by atoms with Crippen LogP contribution in [-0.4, -0.2) is 18.4 Å². The van der Waals surface area contributed by atoms with Gasteiger partial charge in [0.1, 0.15) is 40.0 Å². The largest absolute Gasteiger partial charge is 0.494 e. The van der Waals surface area contributed by atoms with Crippen molar-refractivity contribution in [2.24, 2.45) is 0 Å². The first kappa shape index (κ1) is 25.4. The number of fused-ring (bicyclic) bond motifs is 2. The molecule has 6 rings (SSSR count). The molecule has 0 amide bonds. The molecule has 0 bridgehead atoms. The van der Waals surface area contributed by atoms with Crippen LogP contribution in [0.3, 0.4) is 0 Å². The van der Waals surface area contributed by atoms with Crippen molar-refractivity contribution >= 4 is 40.4 Å². The van der Waals surface area contributed by atoms with Gasteiger partial charge in [-0.15, -0.1) is 0 Å². The van der Waals surface area contributed by atoms with E-state index in [1.807, 2.05) is 37.3 Å². The Balaban J connectivity index is 1.34. The minimum absolute atomic E-state index is 0.0404. The van der Waals surface area contributed by atoms with E-state index >= 15 is 0 Å². The van der Waals surface area contributed by atoms with Crippen molar-refractivity contribution < 1.29 is 32.6 Å². The van der Waals surface area contributed by atoms with E-state index in [9.17, 15) is 14.0 Å². The summed E-state index contributed by atoms with van der Waals surface area (Å²) in [6.07, 6.45) is 1.26. The molecule has 8 heteroatoms. The Bertz CT molecular complexity index is 1800. The molecule has 1 aliphatic rings. The summed E-state index contributed by atoms with van der Waals surface area (Å²) in [6.45, 7) is 2.33. The molecule has 0 radical (unpaired) electrons. The molecule has 4 aromatic carbocycles. The third-order valence-corrected chi connectivity index (χ3v) is 6.67. The minimum atomic E-state index is -0.663. The third kappa shape index (κ3) is 4.61. The Labute approximate surface area is 233 Å². The van der Waals surface area contributed by atoms with Gasteiger partial charge in [0.2, 0.25) is 5.78 Å². The van der Waals surface area contributed by atoms with E-state index in [4.69, 9.17) is 30.2 Å². The van der Waals surface area contributed by atoms with E-state index in [2.05, 4.69) is 0 Å². The summed E-state index contributed by atoms with van der Waals surface area (Å²) >= 11 is 6.10. The predicted octanol–water partition coefficient (Wildman–Crippen LogP) is 8.13. The van der Waals surface area contributed by atoms with Crippen molar-refractivity contribution in [3.8, 4) is 28.6 Å². The summed E-state index contributed by atoms with van der Waals surface area (Å²) in [5.41, 5.74) is 1.72. The Morgan fingerprint density at radius 2 is 1.77 bits per heavy atom. The smallest absolute Gasteiger partial charge is 0.348 e. The zero-order valence-corrected chi connectivity index (χ0v) is 21.8. The number of carbonyl (C=O) groups is 2. The third-order valence-electron chi connectivity index (χ3n) is 6.34. The summed E-state index contributed by atoms with van der Waals surface area (Å²) in [4.78, 5) is 26.5. The van der Waals surface area contributed by atoms with Crippen LogP contribution in [0.4, 0.5) is 4.39 Å². The van der Waals surface area contributed by atoms with E-state index < -0.39 is 17.6 Å². The molecule has 0 saturated carbocycles. The number of allylic oxidation sites excluding steroid dienone is 1. The van der Waals surface area contributed by atoms with E-state index in [1.54, 1.807) is 18.2 Å². The fraction of sp³-hybridized carbons (Fsp3) is 0.0625. The monoisotopic (exact) mass is 554 g/mol. The molecule has 0 atom stereocenters. The summed E-state index contributed by atoms with van der Waals surface area (Å²) in [7, 11) is 0. The van der Waals surface area contributed by atoms with Crippen molar-refractivity contribution in [2.45, 2.75) is 6.92 Å². The quantitative estimate of drug-likeness (QED) is 0.120. The molecule has 0 spiro atoms. The van der Waals surface area contributed by atoms with Gasteiger partial charge in [0.05, 0.1) is 17.2 Å². The summed E-state index contributed by atoms with van der Waals surface area (Å²) in [5.74, 6) is -0.523. The second kappa shape index (κ2) is 10.4. The average molecular weight is 555 g/mol. The summed E-state index contributed by atoms with van der Waals surface area (Å²) in [5, 5.41) is 0.679. The van der Waals surface area contributed by atoms with Gasteiger partial charge in [0.25, 0.3) is 0 Å². The molecule has 1 aromatic heterocycles. The lowest BCUT2D eigenvalue weighted by atomic mass is 10.1. The maximum absolute atomic E-state index is 14.3. The molecule has 6 nitrogen and oxygen atoms in total. The molecule has 0 fully saturated rings. The first-order valence-electron chi connectivity index (χ1n) is 12.4. The zero-order valence-electron chi connectivity index (χ0n) is 21.1. The SMILES string of the molecule is CCOc1ccc2oc(-c3ccccc3)c(C(=O)Oc3ccc4c(c3)O/C(=C\c3c(F)cccc3Cl)C4=O)c2c1. The van der Waals surface area contributed by atoms with Crippen LogP contribution in [0, 0.1) is 5.82 Å². The number of hydrogen-bond donors (Lipinski definition) is 0. The molecule has 5 aromatic rings. The topological polar surface area (TPSA) is 75.0 Å². The van der Waals surface area contributed by atoms with Crippen molar-refractivity contribution in [2.75, 3.05) is 6.61 Å². The predicted molar refractivity (Wildman–Crippen MR) is 149 cm³/mol. The van der Waals surface area contributed by atoms with Crippen LogP contribution in [-0.2, 0) is 0 Å². The summed E-state index contributed by atoms with van der Waals surface area (Å²) < 4.78 is 37.4. The highest BCUT2D eigenvalue weighted by molar-refractivity contribution is 6.32. The van der Waals surface area contributed by atoms with Crippen LogP contribution < -0.4 is 14.2 Å². The van der Waals surface area contributed by atoms with Gasteiger partial charge in [-0.2, -0.15) is 0 Å². The van der Waals surface area contributed by atoms with Crippen LogP contribution in [0.2, 0.25) is 5.02 Å². The number of ether oxygens (including phenoxy) is 3. The minimum Gasteiger partial charge on any atom is -0.494 e. The second-order valence-corrected chi connectivity index (χ2v) is 9.29. The number of ketones is 1. The van der Waals surface area contributed by atoms with Crippen molar-refractivity contribution in [1.82, 2.24) is 0 Å². The van der Waals surface area contributed by atoms with Crippen LogP contribution in [0.1, 0.15) is 33.2 Å². The number of halogens is 2. The maximum Gasteiger partial charge on any atom is 0.348 e. The second-order valence-electron chi connectivity index (χ2n) is 8.89. The lowest BCUT2D eigenvalue weighted by Crippen LogP contribution is -2.09. The number of carbonyl (C=O) groups excluding carboxylic acids is 2. The standard InChI is InChI=1S/C32H20ClFO6/c1-2-37-19-12-14-26-23(15-19)29(31(40-26)18-7-4-3-5-8-18)32(36)38-20-11-13-21-27(16-20)39-28(30(21)35)17-22-24(33)9-6-10-25(22)34/h3-17H,2H2,1H3/b28-17-. The number of benzene rings is 4. The first-order chi connectivity index (χ1) is 19.4. The van der Waals surface area contributed by atoms with Crippen LogP contribution in [0.5, 0.6) is 17.2 Å². The van der Waals surface area contributed by atoms with Gasteiger partial charge in [-0.05, 0) is 55.5 Å². The van der Waals surface area contributed by atoms with Crippen molar-refractivity contribution in [3.05, 3.63) is 118 Å². The van der Waals surface area contributed by atoms with E-state index in [0.717, 1.165) is 0 Å². The fourth-order valence-corrected chi connectivity index (χ4v) is 4.71. The Morgan fingerprint density at radius 3 is 2.55 bits per heavy atom. The van der Waals surface area contributed by atoms with Crippen LogP contribution in [0.15, 0.2) is 95.1 Å². The van der Waals surface area contributed by atoms with Crippen molar-refractivity contribution in [3.63, 3.8) is 0 Å². The number of hydrogen-bond acceptors (Lipinski definition) is 6. The number of Topliss-reactive ketones (excluding diaryl/α,β-unsaturated/α-hetero) is 1. The molecule has 2 heterocycles. The van der Waals surface area contributed by atoms with Crippen molar-refractivity contribution in [1.29, 1.82) is 0 Å². The molecular weight excluding hydrogens is 535 g/mol. The van der Waals surface area contributed by atoms with E-state index in [0.29, 0.717) is 34.6 Å². The average Bonchev–Trinajstić information content (AvgIpc) is 3.48. The van der Waals surface area contributed by atoms with Crippen LogP contribution in [0.25, 0.3) is 28.4 Å². The highest BCUT2D eigenvalue weighted by Crippen LogP contribution is 2.39. The number of furan rings is 1. The van der Waals surface area contributed by atoms with Gasteiger partial charge >= 0.3 is 5.97 Å². The molecular formula is C32H20ClFO6. The van der Waals surface area contributed by atoms with E-state index in [1.165, 1.54) is 42.5 Å². The number of esters is 1. The van der Waals surface area contributed by atoms with Gasteiger partial charge in [-0.1, -0.05) is 48.0 Å².